The Hall–Kier alpha value is -4.42. The summed E-state index contributed by atoms with van der Waals surface area (Å²) in [4.78, 5) is 18.2. The number of nitrogen functional groups attached to an aromatic ring is 1. The van der Waals surface area contributed by atoms with Crippen molar-refractivity contribution in [1.82, 2.24) is 20.0 Å². The number of pyridine rings is 1. The van der Waals surface area contributed by atoms with Crippen molar-refractivity contribution in [2.75, 3.05) is 16.4 Å². The fourth-order valence-electron chi connectivity index (χ4n) is 2.93. The van der Waals surface area contributed by atoms with E-state index in [1.807, 2.05) is 6.07 Å². The van der Waals surface area contributed by atoms with Gasteiger partial charge in [0.2, 0.25) is 0 Å². The second-order valence-corrected chi connectivity index (χ2v) is 7.42. The number of aryl methyl sites for hydroxylation is 1. The van der Waals surface area contributed by atoms with Crippen LogP contribution in [0.25, 0.3) is 5.82 Å². The Bertz CT molecular complexity index is 1350. The molecular weight excluding hydrogens is 485 g/mol. The summed E-state index contributed by atoms with van der Waals surface area (Å²) in [5.41, 5.74) is 3.37. The topological polar surface area (TPSA) is 184 Å². The normalized spacial score (nSPS) is 11.9. The van der Waals surface area contributed by atoms with E-state index in [-0.39, 0.29) is 45.2 Å². The van der Waals surface area contributed by atoms with Crippen molar-refractivity contribution in [3.8, 4) is 11.9 Å². The molecule has 3 rings (SSSR count). The highest BCUT2D eigenvalue weighted by atomic mass is 32.2. The van der Waals surface area contributed by atoms with E-state index in [2.05, 4.69) is 25.8 Å². The second kappa shape index (κ2) is 10.2. The minimum atomic E-state index is -5.05. The first-order chi connectivity index (χ1) is 16.6. The Kier molecular flexibility index (Phi) is 7.37. The van der Waals surface area contributed by atoms with Gasteiger partial charge in [0.25, 0.3) is 5.91 Å². The third-order valence-corrected chi connectivity index (χ3v) is 5.23. The lowest BCUT2D eigenvalue weighted by molar-refractivity contribution is -0.114. The molecule has 35 heavy (non-hydrogen) atoms. The Morgan fingerprint density at radius 1 is 1.26 bits per heavy atom. The number of carbonyl (C=O) groups is 1. The van der Waals surface area contributed by atoms with Gasteiger partial charge in [0.1, 0.15) is 17.3 Å². The summed E-state index contributed by atoms with van der Waals surface area (Å²) in [5.74, 6) is -1.19. The van der Waals surface area contributed by atoms with Gasteiger partial charge in [0, 0.05) is 11.9 Å². The molecule has 0 saturated heterocycles. The lowest BCUT2D eigenvalue weighted by atomic mass is 10.1. The largest absolute Gasteiger partial charge is 0.432 e. The van der Waals surface area contributed by atoms with Crippen molar-refractivity contribution in [2.24, 2.45) is 5.14 Å². The molecular formula is C20H17F3N10OS. The van der Waals surface area contributed by atoms with Crippen LogP contribution in [0.2, 0.25) is 0 Å². The van der Waals surface area contributed by atoms with Crippen LogP contribution >= 0.6 is 11.9 Å². The number of nitrogens with one attached hydrogen (secondary N) is 3. The Morgan fingerprint density at radius 2 is 1.94 bits per heavy atom. The number of nitrogens with zero attached hydrogens (tertiary/aromatic N) is 5. The number of benzene rings is 1. The summed E-state index contributed by atoms with van der Waals surface area (Å²) in [7, 11) is 0. The smallest absolute Gasteiger partial charge is 0.398 e. The maximum Gasteiger partial charge on any atom is 0.432 e. The molecule has 0 aliphatic rings. The molecule has 11 nitrogen and oxygen atoms in total. The first-order valence-corrected chi connectivity index (χ1v) is 10.4. The molecule has 0 saturated carbocycles. The van der Waals surface area contributed by atoms with Gasteiger partial charge in [-0.05, 0) is 37.1 Å². The minimum Gasteiger partial charge on any atom is -0.398 e. The predicted octanol–water partition coefficient (Wildman–Crippen LogP) is 2.91. The average Bonchev–Trinajstić information content (AvgIpc) is 3.34. The number of rotatable bonds is 7. The standard InChI is InChI=1S/C20H17F3N10OS/c1-10-15(7-11(8-24)18(30-10)33-28-5-6-29-33)32-19(34)12(9-25)17(20(21,22)23)31-14-4-2-3-13(26)16(14)35-27/h2-7,9,25,31H,26-27H2,1H3,(H,32,34)/b17-12+,25-9?. The van der Waals surface area contributed by atoms with Crippen LogP contribution < -0.4 is 21.5 Å². The number of aromatic nitrogens is 4. The van der Waals surface area contributed by atoms with E-state index in [0.717, 1.165) is 4.80 Å². The number of nitrogens with two attached hydrogens (primary N) is 2. The molecule has 0 aliphatic heterocycles. The molecule has 0 radical (unpaired) electrons. The van der Waals surface area contributed by atoms with E-state index >= 15 is 0 Å². The van der Waals surface area contributed by atoms with Crippen LogP contribution in [0.4, 0.5) is 30.2 Å². The fourth-order valence-corrected chi connectivity index (χ4v) is 3.38. The molecule has 0 atom stereocenters. The van der Waals surface area contributed by atoms with Crippen LogP contribution in [-0.4, -0.2) is 38.3 Å². The number of allylic oxidation sites excluding steroid dienone is 1. The molecule has 0 bridgehead atoms. The van der Waals surface area contributed by atoms with Gasteiger partial charge in [-0.3, -0.25) is 9.93 Å². The summed E-state index contributed by atoms with van der Waals surface area (Å²) in [6.07, 6.45) is -2.04. The van der Waals surface area contributed by atoms with Crippen molar-refractivity contribution in [3.05, 3.63) is 59.2 Å². The van der Waals surface area contributed by atoms with Gasteiger partial charge < -0.3 is 21.8 Å². The highest BCUT2D eigenvalue weighted by Crippen LogP contribution is 2.35. The molecule has 180 valence electrons. The number of halogens is 3. The van der Waals surface area contributed by atoms with Crippen LogP contribution in [0.15, 0.2) is 52.8 Å². The third-order valence-electron chi connectivity index (χ3n) is 4.53. The van der Waals surface area contributed by atoms with Crippen LogP contribution in [0.5, 0.6) is 0 Å². The zero-order chi connectivity index (χ0) is 25.8. The van der Waals surface area contributed by atoms with Gasteiger partial charge in [0.05, 0.1) is 39.9 Å². The number of carbonyl (C=O) groups excluding carboxylic acids is 1. The zero-order valence-electron chi connectivity index (χ0n) is 17.9. The summed E-state index contributed by atoms with van der Waals surface area (Å²) < 4.78 is 41.8. The van der Waals surface area contributed by atoms with Crippen LogP contribution in [0, 0.1) is 23.7 Å². The summed E-state index contributed by atoms with van der Waals surface area (Å²) in [6.45, 7) is 1.47. The number of hydrogen-bond donors (Lipinski definition) is 5. The maximum atomic E-state index is 13.9. The number of amides is 1. The maximum absolute atomic E-state index is 13.9. The van der Waals surface area contributed by atoms with Crippen LogP contribution in [-0.2, 0) is 4.79 Å². The first-order valence-electron chi connectivity index (χ1n) is 9.54. The zero-order valence-corrected chi connectivity index (χ0v) is 18.7. The predicted molar refractivity (Wildman–Crippen MR) is 124 cm³/mol. The summed E-state index contributed by atoms with van der Waals surface area (Å²) >= 11 is 0.625. The quantitative estimate of drug-likeness (QED) is 0.140. The third kappa shape index (κ3) is 5.39. The highest BCUT2D eigenvalue weighted by Gasteiger charge is 2.39. The van der Waals surface area contributed by atoms with Crippen molar-refractivity contribution in [2.45, 2.75) is 18.0 Å². The van der Waals surface area contributed by atoms with E-state index in [1.165, 1.54) is 43.6 Å². The number of hydrogen-bond acceptors (Lipinski definition) is 10. The van der Waals surface area contributed by atoms with Crippen molar-refractivity contribution < 1.29 is 18.0 Å². The molecule has 2 aromatic heterocycles. The molecule has 7 N–H and O–H groups in total. The van der Waals surface area contributed by atoms with E-state index < -0.39 is 23.4 Å². The van der Waals surface area contributed by atoms with Gasteiger partial charge in [-0.1, -0.05) is 6.07 Å². The van der Waals surface area contributed by atoms with Crippen LogP contribution in [0.3, 0.4) is 0 Å². The average molecular weight is 502 g/mol. The lowest BCUT2D eigenvalue weighted by Crippen LogP contribution is -2.28. The van der Waals surface area contributed by atoms with Gasteiger partial charge in [0.15, 0.2) is 5.82 Å². The monoisotopic (exact) mass is 502 g/mol. The molecule has 1 aromatic carbocycles. The molecule has 0 unspecified atom stereocenters. The summed E-state index contributed by atoms with van der Waals surface area (Å²) in [6, 6.07) is 7.26. The first kappa shape index (κ1) is 25.2. The number of anilines is 3. The van der Waals surface area contributed by atoms with E-state index in [4.69, 9.17) is 16.3 Å². The Labute approximate surface area is 200 Å². The van der Waals surface area contributed by atoms with Gasteiger partial charge in [-0.2, -0.15) is 28.6 Å². The van der Waals surface area contributed by atoms with Crippen molar-refractivity contribution >= 4 is 41.1 Å². The van der Waals surface area contributed by atoms with Crippen molar-refractivity contribution in [1.29, 1.82) is 10.7 Å². The van der Waals surface area contributed by atoms with Gasteiger partial charge in [-0.15, -0.1) is 4.80 Å². The molecule has 0 spiro atoms. The van der Waals surface area contributed by atoms with Gasteiger partial charge in [-0.25, -0.2) is 4.98 Å². The highest BCUT2D eigenvalue weighted by molar-refractivity contribution is 7.97. The van der Waals surface area contributed by atoms with E-state index in [0.29, 0.717) is 11.9 Å². The molecule has 1 amide bonds. The fraction of sp³-hybridized carbons (Fsp3) is 0.100. The van der Waals surface area contributed by atoms with Gasteiger partial charge >= 0.3 is 6.18 Å². The Morgan fingerprint density at radius 3 is 2.51 bits per heavy atom. The summed E-state index contributed by atoms with van der Waals surface area (Å²) in [5, 5.41) is 34.7. The molecule has 3 aromatic rings. The van der Waals surface area contributed by atoms with E-state index in [9.17, 15) is 23.2 Å². The molecule has 15 heteroatoms. The SMILES string of the molecule is Cc1nc(-n2nccn2)c(C#N)cc1NC(=O)/C(C=N)=C(/Nc1cccc(N)c1SN)C(F)(F)F. The molecule has 0 aliphatic carbocycles. The molecule has 0 fully saturated rings. The van der Waals surface area contributed by atoms with Crippen molar-refractivity contribution in [3.63, 3.8) is 0 Å². The minimum absolute atomic E-state index is 0.0366. The van der Waals surface area contributed by atoms with Crippen LogP contribution in [0.1, 0.15) is 11.3 Å². The number of nitriles is 1. The lowest BCUT2D eigenvalue weighted by Gasteiger charge is -2.20. The molecule has 2 heterocycles. The Balaban J connectivity index is 2.03. The number of alkyl halides is 3. The van der Waals surface area contributed by atoms with E-state index in [1.54, 1.807) is 0 Å². The second-order valence-electron chi connectivity index (χ2n) is 6.77.